The van der Waals surface area contributed by atoms with Crippen LogP contribution in [0.3, 0.4) is 0 Å². The first-order valence-corrected chi connectivity index (χ1v) is 13.0. The summed E-state index contributed by atoms with van der Waals surface area (Å²) in [6, 6.07) is 10.0. The summed E-state index contributed by atoms with van der Waals surface area (Å²) in [5.41, 5.74) is 1.15. The Kier molecular flexibility index (Phi) is 19.1. The van der Waals surface area contributed by atoms with E-state index in [1.54, 1.807) is 0 Å². The highest BCUT2D eigenvalue weighted by atomic mass is 16.6. The van der Waals surface area contributed by atoms with Crippen LogP contribution in [0.1, 0.15) is 5.56 Å². The second-order valence-corrected chi connectivity index (χ2v) is 7.99. The van der Waals surface area contributed by atoms with Crippen LogP contribution in [-0.4, -0.2) is 122 Å². The topological polar surface area (TPSA) is 111 Å². The average molecular weight is 540 g/mol. The number of hydrogen-bond acceptors (Lipinski definition) is 10. The molecular formula is C27H41NO10. The van der Waals surface area contributed by atoms with Gasteiger partial charge in [-0.3, -0.25) is 14.5 Å². The minimum absolute atomic E-state index is 0.245. The van der Waals surface area contributed by atoms with Crippen LogP contribution in [0.5, 0.6) is 0 Å². The fourth-order valence-corrected chi connectivity index (χ4v) is 3.11. The SMILES string of the molecule is O=C1C=CC(=O)N1CCOCCOCCOCCOCCOCCOCCOCCOCc1ccccc1. The number of nitrogens with zero attached hydrogens (tertiary/aromatic N) is 1. The standard InChI is InChI=1S/C27H41NO10/c29-26-6-7-27(30)28(26)8-9-31-10-11-32-12-13-33-14-15-34-16-17-35-18-19-36-20-21-37-22-23-38-24-25-4-2-1-3-5-25/h1-7H,8-24H2. The molecule has 1 aromatic rings. The van der Waals surface area contributed by atoms with Gasteiger partial charge in [-0.25, -0.2) is 0 Å². The van der Waals surface area contributed by atoms with E-state index in [0.717, 1.165) is 10.5 Å². The van der Waals surface area contributed by atoms with E-state index in [0.29, 0.717) is 99.1 Å². The molecule has 0 fully saturated rings. The van der Waals surface area contributed by atoms with Crippen molar-refractivity contribution in [2.75, 3.05) is 106 Å². The van der Waals surface area contributed by atoms with Crippen molar-refractivity contribution in [3.63, 3.8) is 0 Å². The Morgan fingerprint density at radius 3 is 1.18 bits per heavy atom. The average Bonchev–Trinajstić information content (AvgIpc) is 3.25. The maximum absolute atomic E-state index is 11.4. The van der Waals surface area contributed by atoms with Crippen LogP contribution in [0, 0.1) is 0 Å². The molecule has 1 aromatic carbocycles. The van der Waals surface area contributed by atoms with Crippen LogP contribution in [0.2, 0.25) is 0 Å². The van der Waals surface area contributed by atoms with Crippen molar-refractivity contribution >= 4 is 11.8 Å². The van der Waals surface area contributed by atoms with Gasteiger partial charge in [0.05, 0.1) is 112 Å². The Hall–Kier alpha value is -2.22. The number of amides is 2. The van der Waals surface area contributed by atoms with Crippen molar-refractivity contribution in [3.05, 3.63) is 48.0 Å². The zero-order valence-corrected chi connectivity index (χ0v) is 22.1. The predicted molar refractivity (Wildman–Crippen MR) is 138 cm³/mol. The minimum Gasteiger partial charge on any atom is -0.377 e. The van der Waals surface area contributed by atoms with Crippen LogP contribution < -0.4 is 0 Å². The third kappa shape index (κ3) is 16.6. The van der Waals surface area contributed by atoms with E-state index in [1.165, 1.54) is 12.2 Å². The van der Waals surface area contributed by atoms with E-state index in [4.69, 9.17) is 37.9 Å². The second kappa shape index (κ2) is 22.7. The summed E-state index contributed by atoms with van der Waals surface area (Å²) in [5.74, 6) is -0.605. The van der Waals surface area contributed by atoms with Crippen molar-refractivity contribution in [2.24, 2.45) is 0 Å². The number of hydrogen-bond donors (Lipinski definition) is 0. The molecule has 2 amide bonds. The lowest BCUT2D eigenvalue weighted by Gasteiger charge is -2.13. The Balaban J connectivity index is 1.18. The van der Waals surface area contributed by atoms with Gasteiger partial charge in [0.2, 0.25) is 0 Å². The highest BCUT2D eigenvalue weighted by Gasteiger charge is 2.22. The van der Waals surface area contributed by atoms with Gasteiger partial charge < -0.3 is 37.9 Å². The van der Waals surface area contributed by atoms with Gasteiger partial charge in [0.1, 0.15) is 0 Å². The Bertz CT molecular complexity index is 743. The summed E-state index contributed by atoms with van der Waals surface area (Å²) in [7, 11) is 0. The fourth-order valence-electron chi connectivity index (χ4n) is 3.11. The molecule has 0 unspecified atom stereocenters. The maximum Gasteiger partial charge on any atom is 0.253 e. The molecule has 11 heteroatoms. The van der Waals surface area contributed by atoms with Crippen molar-refractivity contribution in [1.82, 2.24) is 4.90 Å². The number of ether oxygens (including phenoxy) is 8. The van der Waals surface area contributed by atoms with Crippen LogP contribution in [0.4, 0.5) is 0 Å². The molecule has 2 rings (SSSR count). The van der Waals surface area contributed by atoms with Crippen molar-refractivity contribution in [1.29, 1.82) is 0 Å². The van der Waals surface area contributed by atoms with Crippen LogP contribution in [0.25, 0.3) is 0 Å². The molecule has 0 saturated carbocycles. The molecule has 0 aliphatic carbocycles. The van der Waals surface area contributed by atoms with E-state index < -0.39 is 0 Å². The third-order valence-electron chi connectivity index (χ3n) is 5.08. The second-order valence-electron chi connectivity index (χ2n) is 7.99. The molecule has 0 radical (unpaired) electrons. The summed E-state index contributed by atoms with van der Waals surface area (Å²) in [4.78, 5) is 23.9. The molecular weight excluding hydrogens is 498 g/mol. The number of carbonyl (C=O) groups excluding carboxylic acids is 2. The molecule has 11 nitrogen and oxygen atoms in total. The lowest BCUT2D eigenvalue weighted by Crippen LogP contribution is -2.33. The Morgan fingerprint density at radius 1 is 0.447 bits per heavy atom. The highest BCUT2D eigenvalue weighted by Crippen LogP contribution is 2.02. The first-order chi connectivity index (χ1) is 18.8. The fraction of sp³-hybridized carbons (Fsp3) is 0.630. The maximum atomic E-state index is 11.4. The molecule has 1 heterocycles. The van der Waals surface area contributed by atoms with Gasteiger partial charge in [0, 0.05) is 12.2 Å². The normalized spacial score (nSPS) is 13.2. The molecule has 0 N–H and O–H groups in total. The van der Waals surface area contributed by atoms with Gasteiger partial charge in [0.25, 0.3) is 11.8 Å². The summed E-state index contributed by atoms with van der Waals surface area (Å²) in [5, 5.41) is 0. The molecule has 0 bridgehead atoms. The Labute approximate surface area is 224 Å². The summed E-state index contributed by atoms with van der Waals surface area (Å²) in [6.07, 6.45) is 2.51. The van der Waals surface area contributed by atoms with E-state index >= 15 is 0 Å². The molecule has 0 saturated heterocycles. The minimum atomic E-state index is -0.302. The monoisotopic (exact) mass is 539 g/mol. The van der Waals surface area contributed by atoms with Crippen molar-refractivity contribution in [3.8, 4) is 0 Å². The lowest BCUT2D eigenvalue weighted by atomic mass is 10.2. The number of carbonyl (C=O) groups is 2. The Morgan fingerprint density at radius 2 is 0.789 bits per heavy atom. The molecule has 0 atom stereocenters. The molecule has 38 heavy (non-hydrogen) atoms. The van der Waals surface area contributed by atoms with E-state index in [-0.39, 0.29) is 25.0 Å². The number of imide groups is 1. The smallest absolute Gasteiger partial charge is 0.253 e. The molecule has 0 spiro atoms. The van der Waals surface area contributed by atoms with Crippen LogP contribution >= 0.6 is 0 Å². The summed E-state index contributed by atoms with van der Waals surface area (Å²) < 4.78 is 43.5. The quantitative estimate of drug-likeness (QED) is 0.126. The predicted octanol–water partition coefficient (Wildman–Crippen LogP) is 1.24. The third-order valence-corrected chi connectivity index (χ3v) is 5.08. The molecule has 1 aliphatic rings. The summed E-state index contributed by atoms with van der Waals surface area (Å²) >= 11 is 0. The zero-order chi connectivity index (χ0) is 26.9. The first kappa shape index (κ1) is 32.0. The van der Waals surface area contributed by atoms with Crippen molar-refractivity contribution in [2.45, 2.75) is 6.61 Å². The van der Waals surface area contributed by atoms with Crippen LogP contribution in [-0.2, 0) is 54.1 Å². The number of rotatable bonds is 26. The van der Waals surface area contributed by atoms with E-state index in [1.807, 2.05) is 30.3 Å². The van der Waals surface area contributed by atoms with Gasteiger partial charge in [-0.2, -0.15) is 0 Å². The number of benzene rings is 1. The largest absolute Gasteiger partial charge is 0.377 e. The highest BCUT2D eigenvalue weighted by molar-refractivity contribution is 6.12. The van der Waals surface area contributed by atoms with Gasteiger partial charge in [-0.05, 0) is 5.56 Å². The molecule has 0 aromatic heterocycles. The lowest BCUT2D eigenvalue weighted by molar-refractivity contribution is -0.137. The first-order valence-electron chi connectivity index (χ1n) is 13.0. The van der Waals surface area contributed by atoms with Gasteiger partial charge in [0.15, 0.2) is 0 Å². The molecule has 214 valence electrons. The van der Waals surface area contributed by atoms with Crippen molar-refractivity contribution < 1.29 is 47.5 Å². The van der Waals surface area contributed by atoms with Gasteiger partial charge >= 0.3 is 0 Å². The summed E-state index contributed by atoms with van der Waals surface area (Å²) in [6.45, 7) is 7.96. The van der Waals surface area contributed by atoms with E-state index in [2.05, 4.69) is 0 Å². The van der Waals surface area contributed by atoms with E-state index in [9.17, 15) is 9.59 Å². The molecule has 1 aliphatic heterocycles. The van der Waals surface area contributed by atoms with Gasteiger partial charge in [-0.15, -0.1) is 0 Å². The zero-order valence-electron chi connectivity index (χ0n) is 22.1. The van der Waals surface area contributed by atoms with Gasteiger partial charge in [-0.1, -0.05) is 30.3 Å². The van der Waals surface area contributed by atoms with Crippen LogP contribution in [0.15, 0.2) is 42.5 Å².